The first-order valence-corrected chi connectivity index (χ1v) is 5.74. The average Bonchev–Trinajstić information content (AvgIpc) is 2.61. The van der Waals surface area contributed by atoms with Crippen LogP contribution in [0.25, 0.3) is 0 Å². The lowest BCUT2D eigenvalue weighted by Gasteiger charge is -2.14. The SMILES string of the molecule is COCCn1cc(NC(=O)C(C)(C)Br)cn1. The zero-order valence-corrected chi connectivity index (χ0v) is 11.2. The Morgan fingerprint density at radius 2 is 2.38 bits per heavy atom. The van der Waals surface area contributed by atoms with Crippen molar-refractivity contribution in [2.75, 3.05) is 19.0 Å². The van der Waals surface area contributed by atoms with E-state index >= 15 is 0 Å². The Balaban J connectivity index is 2.55. The molecule has 5 nitrogen and oxygen atoms in total. The summed E-state index contributed by atoms with van der Waals surface area (Å²) in [6.07, 6.45) is 3.39. The second-order valence-corrected chi connectivity index (χ2v) is 5.89. The van der Waals surface area contributed by atoms with Gasteiger partial charge in [-0.05, 0) is 13.8 Å². The number of anilines is 1. The number of hydrogen-bond donors (Lipinski definition) is 1. The molecule has 0 saturated carbocycles. The van der Waals surface area contributed by atoms with Gasteiger partial charge in [-0.1, -0.05) is 15.9 Å². The highest BCUT2D eigenvalue weighted by Gasteiger charge is 2.23. The monoisotopic (exact) mass is 289 g/mol. The molecule has 0 saturated heterocycles. The molecule has 0 aromatic carbocycles. The number of nitrogens with zero attached hydrogens (tertiary/aromatic N) is 2. The molecule has 6 heteroatoms. The van der Waals surface area contributed by atoms with Gasteiger partial charge in [0.25, 0.3) is 0 Å². The highest BCUT2D eigenvalue weighted by atomic mass is 79.9. The Hall–Kier alpha value is -0.880. The van der Waals surface area contributed by atoms with E-state index in [-0.39, 0.29) is 5.91 Å². The number of amides is 1. The van der Waals surface area contributed by atoms with Gasteiger partial charge in [-0.3, -0.25) is 9.48 Å². The molecule has 0 bridgehead atoms. The molecular weight excluding hydrogens is 274 g/mol. The third-order valence-corrected chi connectivity index (χ3v) is 2.32. The predicted octanol–water partition coefficient (Wildman–Crippen LogP) is 1.64. The molecule has 1 rings (SSSR count). The van der Waals surface area contributed by atoms with Crippen LogP contribution < -0.4 is 5.32 Å². The molecule has 0 unspecified atom stereocenters. The van der Waals surface area contributed by atoms with Gasteiger partial charge in [0, 0.05) is 13.3 Å². The molecule has 0 aliphatic rings. The summed E-state index contributed by atoms with van der Waals surface area (Å²) in [5.41, 5.74) is 0.689. The molecule has 1 amide bonds. The Bertz CT molecular complexity index is 357. The number of halogens is 1. The molecule has 0 spiro atoms. The van der Waals surface area contributed by atoms with Crippen molar-refractivity contribution in [1.29, 1.82) is 0 Å². The number of ether oxygens (including phenoxy) is 1. The molecule has 0 fully saturated rings. The summed E-state index contributed by atoms with van der Waals surface area (Å²) in [5, 5.41) is 6.86. The largest absolute Gasteiger partial charge is 0.383 e. The van der Waals surface area contributed by atoms with Gasteiger partial charge in [0.1, 0.15) is 0 Å². The molecule has 16 heavy (non-hydrogen) atoms. The van der Waals surface area contributed by atoms with E-state index in [4.69, 9.17) is 4.74 Å². The topological polar surface area (TPSA) is 56.1 Å². The van der Waals surface area contributed by atoms with Crippen LogP contribution in [0.4, 0.5) is 5.69 Å². The van der Waals surface area contributed by atoms with Gasteiger partial charge in [0.2, 0.25) is 5.91 Å². The van der Waals surface area contributed by atoms with E-state index in [1.165, 1.54) is 0 Å². The van der Waals surface area contributed by atoms with E-state index in [2.05, 4.69) is 26.3 Å². The fourth-order valence-electron chi connectivity index (χ4n) is 1.01. The van der Waals surface area contributed by atoms with E-state index in [9.17, 15) is 4.79 Å². The van der Waals surface area contributed by atoms with Gasteiger partial charge < -0.3 is 10.1 Å². The van der Waals surface area contributed by atoms with Gasteiger partial charge in [-0.15, -0.1) is 0 Å². The fourth-order valence-corrected chi connectivity index (χ4v) is 1.11. The smallest absolute Gasteiger partial charge is 0.240 e. The molecular formula is C10H16BrN3O2. The van der Waals surface area contributed by atoms with Crippen LogP contribution in [0.1, 0.15) is 13.8 Å². The van der Waals surface area contributed by atoms with Gasteiger partial charge in [0.15, 0.2) is 0 Å². The summed E-state index contributed by atoms with van der Waals surface area (Å²) < 4.78 is 6.08. The number of methoxy groups -OCH3 is 1. The van der Waals surface area contributed by atoms with Crippen LogP contribution in [0, 0.1) is 0 Å². The average molecular weight is 290 g/mol. The van der Waals surface area contributed by atoms with Crippen molar-refractivity contribution < 1.29 is 9.53 Å². The number of rotatable bonds is 5. The third-order valence-electron chi connectivity index (χ3n) is 1.96. The fraction of sp³-hybridized carbons (Fsp3) is 0.600. The van der Waals surface area contributed by atoms with E-state index in [0.717, 1.165) is 0 Å². The lowest BCUT2D eigenvalue weighted by atomic mass is 10.2. The van der Waals surface area contributed by atoms with Crippen LogP contribution in [-0.4, -0.2) is 33.7 Å². The third kappa shape index (κ3) is 3.94. The van der Waals surface area contributed by atoms with Crippen LogP contribution in [0.3, 0.4) is 0 Å². The molecule has 90 valence electrons. The van der Waals surface area contributed by atoms with Crippen LogP contribution in [0.15, 0.2) is 12.4 Å². The molecule has 1 heterocycles. The Labute approximate surface area is 103 Å². The normalized spacial score (nSPS) is 11.5. The maximum atomic E-state index is 11.6. The summed E-state index contributed by atoms with van der Waals surface area (Å²) in [7, 11) is 1.64. The predicted molar refractivity (Wildman–Crippen MR) is 65.7 cm³/mol. The summed E-state index contributed by atoms with van der Waals surface area (Å²) in [4.78, 5) is 11.6. The van der Waals surface area contributed by atoms with Gasteiger partial charge in [-0.2, -0.15) is 5.10 Å². The quantitative estimate of drug-likeness (QED) is 0.839. The lowest BCUT2D eigenvalue weighted by molar-refractivity contribution is -0.117. The lowest BCUT2D eigenvalue weighted by Crippen LogP contribution is -2.30. The molecule has 0 aliphatic carbocycles. The van der Waals surface area contributed by atoms with Crippen molar-refractivity contribution in [2.45, 2.75) is 24.7 Å². The number of hydrogen-bond acceptors (Lipinski definition) is 3. The molecule has 1 N–H and O–H groups in total. The second-order valence-electron chi connectivity index (χ2n) is 3.91. The molecule has 0 aliphatic heterocycles. The van der Waals surface area contributed by atoms with Crippen LogP contribution >= 0.6 is 15.9 Å². The number of carbonyl (C=O) groups is 1. The van der Waals surface area contributed by atoms with E-state index in [1.54, 1.807) is 38.0 Å². The van der Waals surface area contributed by atoms with Crippen LogP contribution in [-0.2, 0) is 16.1 Å². The first-order valence-electron chi connectivity index (χ1n) is 4.95. The number of alkyl halides is 1. The Morgan fingerprint density at radius 1 is 1.69 bits per heavy atom. The summed E-state index contributed by atoms with van der Waals surface area (Å²) in [6.45, 7) is 4.85. The minimum Gasteiger partial charge on any atom is -0.383 e. The Kier molecular flexibility index (Phi) is 4.49. The van der Waals surface area contributed by atoms with E-state index < -0.39 is 4.32 Å². The number of carbonyl (C=O) groups excluding carboxylic acids is 1. The number of aromatic nitrogens is 2. The highest BCUT2D eigenvalue weighted by molar-refractivity contribution is 9.10. The molecule has 1 aromatic heterocycles. The van der Waals surface area contributed by atoms with Crippen molar-refractivity contribution >= 4 is 27.5 Å². The van der Waals surface area contributed by atoms with Crippen molar-refractivity contribution in [2.24, 2.45) is 0 Å². The van der Waals surface area contributed by atoms with Gasteiger partial charge in [0.05, 0.1) is 29.4 Å². The van der Waals surface area contributed by atoms with Crippen LogP contribution in [0.5, 0.6) is 0 Å². The van der Waals surface area contributed by atoms with Crippen molar-refractivity contribution in [3.63, 3.8) is 0 Å². The summed E-state index contributed by atoms with van der Waals surface area (Å²) in [5.74, 6) is -0.0983. The van der Waals surface area contributed by atoms with Gasteiger partial charge in [-0.25, -0.2) is 0 Å². The zero-order chi connectivity index (χ0) is 12.2. The Morgan fingerprint density at radius 3 is 2.94 bits per heavy atom. The van der Waals surface area contributed by atoms with Crippen molar-refractivity contribution in [3.05, 3.63) is 12.4 Å². The first kappa shape index (κ1) is 13.2. The van der Waals surface area contributed by atoms with Crippen molar-refractivity contribution in [1.82, 2.24) is 9.78 Å². The molecule has 0 atom stereocenters. The van der Waals surface area contributed by atoms with Crippen LogP contribution in [0.2, 0.25) is 0 Å². The van der Waals surface area contributed by atoms with E-state index in [1.807, 2.05) is 0 Å². The summed E-state index contributed by atoms with van der Waals surface area (Å²) in [6, 6.07) is 0. The minimum atomic E-state index is -0.582. The van der Waals surface area contributed by atoms with Crippen molar-refractivity contribution in [3.8, 4) is 0 Å². The maximum Gasteiger partial charge on any atom is 0.240 e. The van der Waals surface area contributed by atoms with Gasteiger partial charge >= 0.3 is 0 Å². The summed E-state index contributed by atoms with van der Waals surface area (Å²) >= 11 is 3.29. The first-order chi connectivity index (χ1) is 7.43. The zero-order valence-electron chi connectivity index (χ0n) is 9.66. The highest BCUT2D eigenvalue weighted by Crippen LogP contribution is 2.18. The minimum absolute atomic E-state index is 0.0983. The van der Waals surface area contributed by atoms with E-state index in [0.29, 0.717) is 18.8 Å². The number of nitrogens with one attached hydrogen (secondary N) is 1. The second kappa shape index (κ2) is 5.45. The molecule has 1 aromatic rings. The molecule has 0 radical (unpaired) electrons. The maximum absolute atomic E-state index is 11.6. The standard InChI is InChI=1S/C10H16BrN3O2/c1-10(2,11)9(15)13-8-6-12-14(7-8)4-5-16-3/h6-7H,4-5H2,1-3H3,(H,13,15).